The number of rotatable bonds is 5. The minimum atomic E-state index is -3.28. The van der Waals surface area contributed by atoms with Crippen LogP contribution in [-0.4, -0.2) is 24.7 Å². The third-order valence-electron chi connectivity index (χ3n) is 2.51. The van der Waals surface area contributed by atoms with E-state index < -0.39 is 16.0 Å². The fourth-order valence-corrected chi connectivity index (χ4v) is 2.92. The molecule has 0 radical (unpaired) electrons. The Labute approximate surface area is 99.5 Å². The first-order valence-corrected chi connectivity index (χ1v) is 6.84. The van der Waals surface area contributed by atoms with E-state index >= 15 is 0 Å². The fraction of sp³-hybridized carbons (Fsp3) is 0.364. The number of anilines is 1. The molecule has 1 aliphatic carbocycles. The fourth-order valence-electron chi connectivity index (χ4n) is 1.55. The van der Waals surface area contributed by atoms with E-state index in [1.54, 1.807) is 24.3 Å². The molecule has 1 aromatic rings. The maximum Gasteiger partial charge on any atom is 0.307 e. The molecular weight excluding hydrogens is 242 g/mol. The summed E-state index contributed by atoms with van der Waals surface area (Å²) in [7, 11) is -3.28. The summed E-state index contributed by atoms with van der Waals surface area (Å²) >= 11 is 0. The van der Waals surface area contributed by atoms with Crippen LogP contribution in [0.5, 0.6) is 0 Å². The maximum absolute atomic E-state index is 11.7. The number of nitrogens with one attached hydrogen (secondary N) is 1. The minimum absolute atomic E-state index is 0.112. The van der Waals surface area contributed by atoms with Crippen molar-refractivity contribution in [1.82, 2.24) is 0 Å². The molecule has 2 N–H and O–H groups in total. The number of hydrogen-bond acceptors (Lipinski definition) is 3. The van der Waals surface area contributed by atoms with Crippen LogP contribution in [0.1, 0.15) is 18.4 Å². The first-order chi connectivity index (χ1) is 7.97. The van der Waals surface area contributed by atoms with Gasteiger partial charge in [0.1, 0.15) is 0 Å². The molecule has 1 aliphatic rings. The van der Waals surface area contributed by atoms with Gasteiger partial charge in [-0.2, -0.15) is 0 Å². The molecule has 0 atom stereocenters. The summed E-state index contributed by atoms with van der Waals surface area (Å²) in [6.07, 6.45) is 1.29. The van der Waals surface area contributed by atoms with Gasteiger partial charge in [0.15, 0.2) is 0 Å². The quantitative estimate of drug-likeness (QED) is 0.828. The molecule has 0 saturated heterocycles. The Morgan fingerprint density at radius 2 is 2.12 bits per heavy atom. The lowest BCUT2D eigenvalue weighted by molar-refractivity contribution is -0.136. The molecule has 0 spiro atoms. The number of carbonyl (C=O) groups is 1. The van der Waals surface area contributed by atoms with Gasteiger partial charge in [0.25, 0.3) is 0 Å². The van der Waals surface area contributed by atoms with Gasteiger partial charge < -0.3 is 5.11 Å². The molecule has 1 saturated carbocycles. The van der Waals surface area contributed by atoms with Crippen LogP contribution in [0.3, 0.4) is 0 Å². The molecule has 0 bridgehead atoms. The average molecular weight is 255 g/mol. The van der Waals surface area contributed by atoms with Gasteiger partial charge >= 0.3 is 5.97 Å². The van der Waals surface area contributed by atoms with Crippen molar-refractivity contribution >= 4 is 21.7 Å². The van der Waals surface area contributed by atoms with E-state index in [-0.39, 0.29) is 11.7 Å². The second-order valence-electron chi connectivity index (χ2n) is 4.12. The Hall–Kier alpha value is -1.56. The summed E-state index contributed by atoms with van der Waals surface area (Å²) in [6, 6.07) is 6.46. The zero-order chi connectivity index (χ0) is 12.5. The monoisotopic (exact) mass is 255 g/mol. The Morgan fingerprint density at radius 3 is 2.71 bits per heavy atom. The van der Waals surface area contributed by atoms with Crippen molar-refractivity contribution in [3.8, 4) is 0 Å². The lowest BCUT2D eigenvalue weighted by Gasteiger charge is -2.07. The van der Waals surface area contributed by atoms with Gasteiger partial charge in [-0.1, -0.05) is 12.1 Å². The number of sulfonamides is 1. The normalized spacial score (nSPS) is 15.5. The number of benzene rings is 1. The van der Waals surface area contributed by atoms with E-state index in [0.29, 0.717) is 24.1 Å². The lowest BCUT2D eigenvalue weighted by Crippen LogP contribution is -2.17. The third kappa shape index (κ3) is 3.20. The van der Waals surface area contributed by atoms with E-state index in [4.69, 9.17) is 5.11 Å². The Balaban J connectivity index is 2.13. The van der Waals surface area contributed by atoms with Gasteiger partial charge in [-0.25, -0.2) is 8.42 Å². The number of carboxylic acids is 1. The van der Waals surface area contributed by atoms with Crippen LogP contribution < -0.4 is 4.72 Å². The molecule has 17 heavy (non-hydrogen) atoms. The van der Waals surface area contributed by atoms with E-state index in [1.165, 1.54) is 0 Å². The maximum atomic E-state index is 11.7. The lowest BCUT2D eigenvalue weighted by atomic mass is 10.1. The molecule has 0 aliphatic heterocycles. The van der Waals surface area contributed by atoms with Gasteiger partial charge in [-0.15, -0.1) is 0 Å². The van der Waals surface area contributed by atoms with E-state index in [0.717, 1.165) is 0 Å². The smallest absolute Gasteiger partial charge is 0.307 e. The third-order valence-corrected chi connectivity index (χ3v) is 4.37. The standard InChI is InChI=1S/C11H13NO4S/c13-11(14)7-8-2-1-3-9(6-8)12-17(15,16)10-4-5-10/h1-3,6,10,12H,4-5,7H2,(H,13,14). The number of aliphatic carboxylic acids is 1. The highest BCUT2D eigenvalue weighted by molar-refractivity contribution is 7.93. The molecule has 1 fully saturated rings. The molecule has 0 amide bonds. The van der Waals surface area contributed by atoms with E-state index in [1.807, 2.05) is 0 Å². The zero-order valence-electron chi connectivity index (χ0n) is 9.09. The van der Waals surface area contributed by atoms with Crippen LogP contribution in [0.25, 0.3) is 0 Å². The van der Waals surface area contributed by atoms with Crippen LogP contribution in [-0.2, 0) is 21.2 Å². The topological polar surface area (TPSA) is 83.5 Å². The minimum Gasteiger partial charge on any atom is -0.481 e. The molecule has 1 aromatic carbocycles. The van der Waals surface area contributed by atoms with Crippen molar-refractivity contribution in [3.63, 3.8) is 0 Å². The summed E-state index contributed by atoms with van der Waals surface area (Å²) in [6.45, 7) is 0. The average Bonchev–Trinajstić information content (AvgIpc) is 2.98. The second-order valence-corrected chi connectivity index (χ2v) is 6.08. The highest BCUT2D eigenvalue weighted by atomic mass is 32.2. The molecule has 92 valence electrons. The molecule has 0 unspecified atom stereocenters. The summed E-state index contributed by atoms with van der Waals surface area (Å²) in [4.78, 5) is 10.5. The van der Waals surface area contributed by atoms with Gasteiger partial charge in [0.2, 0.25) is 10.0 Å². The highest BCUT2D eigenvalue weighted by Gasteiger charge is 2.35. The van der Waals surface area contributed by atoms with E-state index in [9.17, 15) is 13.2 Å². The van der Waals surface area contributed by atoms with Gasteiger partial charge in [0, 0.05) is 5.69 Å². The van der Waals surface area contributed by atoms with Crippen LogP contribution in [0.15, 0.2) is 24.3 Å². The van der Waals surface area contributed by atoms with Crippen molar-refractivity contribution in [2.24, 2.45) is 0 Å². The second kappa shape index (κ2) is 4.37. The molecule has 5 nitrogen and oxygen atoms in total. The first-order valence-electron chi connectivity index (χ1n) is 5.30. The molecule has 6 heteroatoms. The van der Waals surface area contributed by atoms with E-state index in [2.05, 4.69) is 4.72 Å². The van der Waals surface area contributed by atoms with Crippen molar-refractivity contribution in [3.05, 3.63) is 29.8 Å². The molecule has 0 heterocycles. The number of hydrogen-bond donors (Lipinski definition) is 2. The Kier molecular flexibility index (Phi) is 3.06. The summed E-state index contributed by atoms with van der Waals surface area (Å²) in [5.41, 5.74) is 1.00. The van der Waals surface area contributed by atoms with Crippen molar-refractivity contribution in [2.75, 3.05) is 4.72 Å². The summed E-state index contributed by atoms with van der Waals surface area (Å²) < 4.78 is 25.8. The van der Waals surface area contributed by atoms with Crippen LogP contribution in [0.2, 0.25) is 0 Å². The van der Waals surface area contributed by atoms with Crippen molar-refractivity contribution < 1.29 is 18.3 Å². The predicted molar refractivity (Wildman–Crippen MR) is 63.3 cm³/mol. The highest BCUT2D eigenvalue weighted by Crippen LogP contribution is 2.29. The first kappa shape index (κ1) is 11.9. The van der Waals surface area contributed by atoms with Crippen molar-refractivity contribution in [2.45, 2.75) is 24.5 Å². The summed E-state index contributed by atoms with van der Waals surface area (Å²) in [5.74, 6) is -0.938. The van der Waals surface area contributed by atoms with Gasteiger partial charge in [0.05, 0.1) is 11.7 Å². The SMILES string of the molecule is O=C(O)Cc1cccc(NS(=O)(=O)C2CC2)c1. The number of carboxylic acid groups (broad SMARTS) is 1. The molecular formula is C11H13NO4S. The van der Waals surface area contributed by atoms with Crippen molar-refractivity contribution in [1.29, 1.82) is 0 Å². The zero-order valence-corrected chi connectivity index (χ0v) is 9.90. The van der Waals surface area contributed by atoms with Crippen LogP contribution in [0.4, 0.5) is 5.69 Å². The molecule has 0 aromatic heterocycles. The van der Waals surface area contributed by atoms with Gasteiger partial charge in [-0.3, -0.25) is 9.52 Å². The Bertz CT molecular complexity index is 534. The van der Waals surface area contributed by atoms with Crippen LogP contribution >= 0.6 is 0 Å². The largest absolute Gasteiger partial charge is 0.481 e. The van der Waals surface area contributed by atoms with Gasteiger partial charge in [-0.05, 0) is 30.5 Å². The summed E-state index contributed by atoms with van der Waals surface area (Å²) in [5, 5.41) is 8.36. The molecule has 2 rings (SSSR count). The Morgan fingerprint density at radius 1 is 1.41 bits per heavy atom. The predicted octanol–water partition coefficient (Wildman–Crippen LogP) is 1.22. The van der Waals surface area contributed by atoms with Crippen LogP contribution in [0, 0.1) is 0 Å².